The van der Waals surface area contributed by atoms with Gasteiger partial charge in [-0.3, -0.25) is 10.4 Å². The Kier molecular flexibility index (Phi) is 6.00. The first-order valence-corrected chi connectivity index (χ1v) is 6.12. The van der Waals surface area contributed by atoms with Crippen LogP contribution in [-0.2, 0) is 0 Å². The number of methoxy groups -OCH3 is 1. The van der Waals surface area contributed by atoms with Crippen LogP contribution in [0.4, 0.5) is 0 Å². The summed E-state index contributed by atoms with van der Waals surface area (Å²) in [6, 6.07) is 8.04. The van der Waals surface area contributed by atoms with E-state index in [1.165, 1.54) is 0 Å². The fourth-order valence-electron chi connectivity index (χ4n) is 1.54. The molecule has 4 N–H and O–H groups in total. The fourth-order valence-corrected chi connectivity index (χ4v) is 1.54. The maximum absolute atomic E-state index is 5.42. The third-order valence-corrected chi connectivity index (χ3v) is 2.60. The van der Waals surface area contributed by atoms with Crippen molar-refractivity contribution in [1.29, 1.82) is 0 Å². The number of guanidine groups is 1. The van der Waals surface area contributed by atoms with E-state index in [-0.39, 0.29) is 6.04 Å². The zero-order valence-electron chi connectivity index (χ0n) is 11.2. The summed E-state index contributed by atoms with van der Waals surface area (Å²) in [5.74, 6) is 6.88. The van der Waals surface area contributed by atoms with Gasteiger partial charge in [0.2, 0.25) is 5.96 Å². The van der Waals surface area contributed by atoms with Gasteiger partial charge in [0.15, 0.2) is 0 Å². The van der Waals surface area contributed by atoms with Crippen molar-refractivity contribution in [3.8, 4) is 5.75 Å². The van der Waals surface area contributed by atoms with Gasteiger partial charge in [0.05, 0.1) is 13.2 Å². The molecule has 1 rings (SSSR count). The Balaban J connectivity index is 2.65. The predicted octanol–water partition coefficient (Wildman–Crippen LogP) is 1.58. The SMILES string of the molecule is CCCN=C(NN)NC(C)c1ccc(OC)cc1. The number of nitrogens with zero attached hydrogens (tertiary/aromatic N) is 1. The Bertz CT molecular complexity index is 375. The Morgan fingerprint density at radius 2 is 2.06 bits per heavy atom. The lowest BCUT2D eigenvalue weighted by Gasteiger charge is -2.17. The summed E-state index contributed by atoms with van der Waals surface area (Å²) in [7, 11) is 1.66. The van der Waals surface area contributed by atoms with Gasteiger partial charge in [-0.05, 0) is 31.0 Å². The first-order chi connectivity index (χ1) is 8.71. The van der Waals surface area contributed by atoms with Crippen LogP contribution in [0, 0.1) is 0 Å². The molecule has 0 saturated carbocycles. The molecule has 100 valence electrons. The second-order valence-electron chi connectivity index (χ2n) is 4.01. The number of hydrogen-bond donors (Lipinski definition) is 3. The number of hydrogen-bond acceptors (Lipinski definition) is 3. The molecule has 0 aliphatic heterocycles. The summed E-state index contributed by atoms with van der Waals surface area (Å²) >= 11 is 0. The molecule has 5 heteroatoms. The lowest BCUT2D eigenvalue weighted by atomic mass is 10.1. The summed E-state index contributed by atoms with van der Waals surface area (Å²) in [4.78, 5) is 4.30. The van der Waals surface area contributed by atoms with E-state index in [0.29, 0.717) is 5.96 Å². The molecule has 0 saturated heterocycles. The molecule has 1 unspecified atom stereocenters. The van der Waals surface area contributed by atoms with E-state index in [1.54, 1.807) is 7.11 Å². The van der Waals surface area contributed by atoms with Gasteiger partial charge in [0, 0.05) is 6.54 Å². The Labute approximate surface area is 108 Å². The lowest BCUT2D eigenvalue weighted by Crippen LogP contribution is -2.42. The van der Waals surface area contributed by atoms with Crippen LogP contribution in [0.5, 0.6) is 5.75 Å². The zero-order chi connectivity index (χ0) is 13.4. The van der Waals surface area contributed by atoms with E-state index in [1.807, 2.05) is 24.3 Å². The third kappa shape index (κ3) is 4.25. The van der Waals surface area contributed by atoms with Crippen molar-refractivity contribution in [2.45, 2.75) is 26.3 Å². The van der Waals surface area contributed by atoms with Crippen LogP contribution in [0.15, 0.2) is 29.3 Å². The highest BCUT2D eigenvalue weighted by Crippen LogP contribution is 2.16. The van der Waals surface area contributed by atoms with Gasteiger partial charge in [0.25, 0.3) is 0 Å². The molecule has 0 aromatic heterocycles. The summed E-state index contributed by atoms with van der Waals surface area (Å²) in [6.07, 6.45) is 0.990. The lowest BCUT2D eigenvalue weighted by molar-refractivity contribution is 0.414. The molecule has 0 radical (unpaired) electrons. The molecule has 1 aromatic rings. The van der Waals surface area contributed by atoms with Crippen LogP contribution >= 0.6 is 0 Å². The number of nitrogens with two attached hydrogens (primary N) is 1. The predicted molar refractivity (Wildman–Crippen MR) is 74.5 cm³/mol. The molecule has 1 aromatic carbocycles. The van der Waals surface area contributed by atoms with Crippen molar-refractivity contribution in [2.75, 3.05) is 13.7 Å². The second kappa shape index (κ2) is 7.55. The molecule has 0 heterocycles. The van der Waals surface area contributed by atoms with E-state index in [4.69, 9.17) is 10.6 Å². The van der Waals surface area contributed by atoms with Crippen molar-refractivity contribution in [1.82, 2.24) is 10.7 Å². The zero-order valence-corrected chi connectivity index (χ0v) is 11.2. The van der Waals surface area contributed by atoms with E-state index >= 15 is 0 Å². The summed E-state index contributed by atoms with van der Waals surface area (Å²) in [6.45, 7) is 4.88. The molecule has 0 fully saturated rings. The fraction of sp³-hybridized carbons (Fsp3) is 0.462. The van der Waals surface area contributed by atoms with E-state index < -0.39 is 0 Å². The number of hydrazine groups is 1. The highest BCUT2D eigenvalue weighted by Gasteiger charge is 2.07. The van der Waals surface area contributed by atoms with E-state index in [9.17, 15) is 0 Å². The topological polar surface area (TPSA) is 71.7 Å². The van der Waals surface area contributed by atoms with Crippen molar-refractivity contribution in [3.05, 3.63) is 29.8 Å². The third-order valence-electron chi connectivity index (χ3n) is 2.60. The van der Waals surface area contributed by atoms with Gasteiger partial charge in [0.1, 0.15) is 5.75 Å². The average Bonchev–Trinajstić information content (AvgIpc) is 2.43. The molecule has 0 amide bonds. The minimum atomic E-state index is 0.127. The van der Waals surface area contributed by atoms with Crippen LogP contribution in [0.3, 0.4) is 0 Å². The number of ether oxygens (including phenoxy) is 1. The van der Waals surface area contributed by atoms with Crippen LogP contribution in [-0.4, -0.2) is 19.6 Å². The molecule has 18 heavy (non-hydrogen) atoms. The van der Waals surface area contributed by atoms with Gasteiger partial charge in [-0.2, -0.15) is 0 Å². The second-order valence-corrected chi connectivity index (χ2v) is 4.01. The first kappa shape index (κ1) is 14.3. The van der Waals surface area contributed by atoms with E-state index in [2.05, 4.69) is 29.6 Å². The molecule has 1 atom stereocenters. The maximum Gasteiger partial charge on any atom is 0.206 e. The molecular formula is C13H22N4O. The van der Waals surface area contributed by atoms with Gasteiger partial charge in [-0.25, -0.2) is 5.84 Å². The molecule has 0 spiro atoms. The Morgan fingerprint density at radius 1 is 1.39 bits per heavy atom. The molecule has 5 nitrogen and oxygen atoms in total. The van der Waals surface area contributed by atoms with Gasteiger partial charge in [-0.1, -0.05) is 19.1 Å². The summed E-state index contributed by atoms with van der Waals surface area (Å²) in [5.41, 5.74) is 3.72. The standard InChI is InChI=1S/C13H22N4O/c1-4-9-15-13(17-14)16-10(2)11-5-7-12(18-3)8-6-11/h5-8,10H,4,9,14H2,1-3H3,(H2,15,16,17). The van der Waals surface area contributed by atoms with Crippen molar-refractivity contribution in [2.24, 2.45) is 10.8 Å². The van der Waals surface area contributed by atoms with Gasteiger partial charge in [-0.15, -0.1) is 0 Å². The highest BCUT2D eigenvalue weighted by atomic mass is 16.5. The Morgan fingerprint density at radius 3 is 2.56 bits per heavy atom. The molecule has 0 aliphatic carbocycles. The number of rotatable bonds is 5. The maximum atomic E-state index is 5.42. The average molecular weight is 250 g/mol. The number of benzene rings is 1. The van der Waals surface area contributed by atoms with Gasteiger partial charge >= 0.3 is 0 Å². The molecular weight excluding hydrogens is 228 g/mol. The van der Waals surface area contributed by atoms with Crippen molar-refractivity contribution < 1.29 is 4.74 Å². The number of aliphatic imine (C=N–C) groups is 1. The normalized spacial score (nSPS) is 13.0. The first-order valence-electron chi connectivity index (χ1n) is 6.12. The monoisotopic (exact) mass is 250 g/mol. The molecule has 0 bridgehead atoms. The highest BCUT2D eigenvalue weighted by molar-refractivity contribution is 5.79. The van der Waals surface area contributed by atoms with Crippen molar-refractivity contribution in [3.63, 3.8) is 0 Å². The van der Waals surface area contributed by atoms with Gasteiger partial charge < -0.3 is 10.1 Å². The van der Waals surface area contributed by atoms with Crippen LogP contribution in [0.25, 0.3) is 0 Å². The quantitative estimate of drug-likeness (QED) is 0.321. The Hall–Kier alpha value is -1.75. The summed E-state index contributed by atoms with van der Waals surface area (Å²) in [5, 5.41) is 3.23. The summed E-state index contributed by atoms with van der Waals surface area (Å²) < 4.78 is 5.13. The minimum Gasteiger partial charge on any atom is -0.497 e. The van der Waals surface area contributed by atoms with Crippen LogP contribution in [0.1, 0.15) is 31.9 Å². The van der Waals surface area contributed by atoms with Crippen LogP contribution in [0.2, 0.25) is 0 Å². The molecule has 0 aliphatic rings. The largest absolute Gasteiger partial charge is 0.497 e. The van der Waals surface area contributed by atoms with Crippen molar-refractivity contribution >= 4 is 5.96 Å². The minimum absolute atomic E-state index is 0.127. The van der Waals surface area contributed by atoms with Crippen LogP contribution < -0.4 is 21.3 Å². The number of nitrogens with one attached hydrogen (secondary N) is 2. The smallest absolute Gasteiger partial charge is 0.206 e. The van der Waals surface area contributed by atoms with E-state index in [0.717, 1.165) is 24.3 Å².